The number of anilines is 1. The van der Waals surface area contributed by atoms with Crippen LogP contribution in [0.25, 0.3) is 10.2 Å². The molecule has 2 N–H and O–H groups in total. The molecule has 0 spiro atoms. The highest BCUT2D eigenvalue weighted by Crippen LogP contribution is 2.32. The van der Waals surface area contributed by atoms with Gasteiger partial charge < -0.3 is 10.6 Å². The van der Waals surface area contributed by atoms with Crippen molar-refractivity contribution in [1.29, 1.82) is 0 Å². The summed E-state index contributed by atoms with van der Waals surface area (Å²) in [4.78, 5) is 11.2. The van der Waals surface area contributed by atoms with Crippen LogP contribution in [-0.2, 0) is 0 Å². The number of aromatic nitrogens is 2. The monoisotopic (exact) mass is 262 g/mol. The van der Waals surface area contributed by atoms with Crippen molar-refractivity contribution in [1.82, 2.24) is 15.3 Å². The van der Waals surface area contributed by atoms with Crippen LogP contribution < -0.4 is 10.6 Å². The van der Waals surface area contributed by atoms with Crippen LogP contribution in [0.2, 0.25) is 0 Å². The second-order valence-corrected chi connectivity index (χ2v) is 6.06. The Hall–Kier alpha value is -1.20. The van der Waals surface area contributed by atoms with Gasteiger partial charge in [0.2, 0.25) is 0 Å². The quantitative estimate of drug-likeness (QED) is 0.892. The lowest BCUT2D eigenvalue weighted by atomic mass is 10.2. The van der Waals surface area contributed by atoms with Crippen molar-refractivity contribution in [3.05, 3.63) is 16.8 Å². The number of nitrogens with one attached hydrogen (secondary N) is 2. The summed E-state index contributed by atoms with van der Waals surface area (Å²) in [6.45, 7) is 6.38. The van der Waals surface area contributed by atoms with Crippen molar-refractivity contribution < 1.29 is 0 Å². The minimum Gasteiger partial charge on any atom is -0.368 e. The highest BCUT2D eigenvalue weighted by atomic mass is 32.1. The molecule has 18 heavy (non-hydrogen) atoms. The Labute approximate surface area is 111 Å². The summed E-state index contributed by atoms with van der Waals surface area (Å²) in [6, 6.07) is 0.579. The Morgan fingerprint density at radius 3 is 3.11 bits per heavy atom. The van der Waals surface area contributed by atoms with E-state index >= 15 is 0 Å². The average Bonchev–Trinajstić information content (AvgIpc) is 2.97. The topological polar surface area (TPSA) is 49.8 Å². The molecule has 1 aliphatic rings. The Bertz CT molecular complexity index is 557. The van der Waals surface area contributed by atoms with Crippen LogP contribution in [0.1, 0.15) is 23.3 Å². The molecular weight excluding hydrogens is 244 g/mol. The third-order valence-electron chi connectivity index (χ3n) is 3.64. The molecule has 0 radical (unpaired) electrons. The second-order valence-electron chi connectivity index (χ2n) is 4.86. The summed E-state index contributed by atoms with van der Waals surface area (Å²) in [7, 11) is 0. The maximum absolute atomic E-state index is 4.40. The van der Waals surface area contributed by atoms with Crippen LogP contribution >= 0.6 is 11.3 Å². The molecule has 2 aromatic rings. The Balaban J connectivity index is 1.86. The van der Waals surface area contributed by atoms with E-state index in [2.05, 4.69) is 34.4 Å². The molecule has 1 aliphatic heterocycles. The molecule has 0 aliphatic carbocycles. The smallest absolute Gasteiger partial charge is 0.138 e. The lowest BCUT2D eigenvalue weighted by Gasteiger charge is -2.12. The lowest BCUT2D eigenvalue weighted by molar-refractivity contribution is 0.633. The van der Waals surface area contributed by atoms with Crippen molar-refractivity contribution in [3.63, 3.8) is 0 Å². The molecule has 0 bridgehead atoms. The van der Waals surface area contributed by atoms with Crippen LogP contribution in [0.3, 0.4) is 0 Å². The van der Waals surface area contributed by atoms with E-state index in [0.29, 0.717) is 6.04 Å². The number of hydrogen-bond donors (Lipinski definition) is 2. The van der Waals surface area contributed by atoms with Crippen molar-refractivity contribution in [2.75, 3.05) is 18.4 Å². The number of rotatable bonds is 3. The molecule has 3 heterocycles. The van der Waals surface area contributed by atoms with E-state index in [-0.39, 0.29) is 0 Å². The molecule has 96 valence electrons. The minimum atomic E-state index is 0.579. The molecule has 5 heteroatoms. The van der Waals surface area contributed by atoms with E-state index in [1.165, 1.54) is 28.7 Å². The summed E-state index contributed by atoms with van der Waals surface area (Å²) in [6.07, 6.45) is 4.19. The molecule has 2 aromatic heterocycles. The van der Waals surface area contributed by atoms with Gasteiger partial charge in [-0.25, -0.2) is 9.97 Å². The van der Waals surface area contributed by atoms with Gasteiger partial charge in [0, 0.05) is 17.5 Å². The van der Waals surface area contributed by atoms with E-state index in [0.717, 1.165) is 23.7 Å². The number of hydrogen-bond acceptors (Lipinski definition) is 5. The van der Waals surface area contributed by atoms with Gasteiger partial charge in [0.25, 0.3) is 0 Å². The summed E-state index contributed by atoms with van der Waals surface area (Å²) >= 11 is 1.74. The Kier molecular flexibility index (Phi) is 3.18. The van der Waals surface area contributed by atoms with Crippen molar-refractivity contribution in [2.45, 2.75) is 32.7 Å². The number of thiophene rings is 1. The molecule has 0 saturated carbocycles. The first-order chi connectivity index (χ1) is 8.75. The third kappa shape index (κ3) is 2.08. The van der Waals surface area contributed by atoms with Crippen LogP contribution in [-0.4, -0.2) is 29.1 Å². The fourth-order valence-corrected chi connectivity index (χ4v) is 3.46. The Morgan fingerprint density at radius 2 is 2.33 bits per heavy atom. The maximum Gasteiger partial charge on any atom is 0.138 e. The Morgan fingerprint density at radius 1 is 1.44 bits per heavy atom. The molecule has 4 nitrogen and oxygen atoms in total. The van der Waals surface area contributed by atoms with Gasteiger partial charge >= 0.3 is 0 Å². The third-order valence-corrected chi connectivity index (χ3v) is 4.76. The normalized spacial score (nSPS) is 19.6. The van der Waals surface area contributed by atoms with Gasteiger partial charge in [0.05, 0.1) is 5.39 Å². The number of nitrogens with zero attached hydrogens (tertiary/aromatic N) is 2. The number of fused-ring (bicyclic) bond motifs is 1. The maximum atomic E-state index is 4.40. The van der Waals surface area contributed by atoms with E-state index < -0.39 is 0 Å². The highest BCUT2D eigenvalue weighted by Gasteiger charge is 2.16. The molecule has 1 atom stereocenters. The largest absolute Gasteiger partial charge is 0.368 e. The standard InChI is InChI=1S/C13H18N4S/c1-8-9(2)18-13-11(8)12(16-7-17-13)15-6-10-4-3-5-14-10/h7,10,14H,3-6H2,1-2H3,(H,15,16,17). The van der Waals surface area contributed by atoms with Crippen LogP contribution in [0.15, 0.2) is 6.33 Å². The molecule has 0 aromatic carbocycles. The first kappa shape index (κ1) is 11.9. The second kappa shape index (κ2) is 4.82. The van der Waals surface area contributed by atoms with Gasteiger partial charge in [-0.2, -0.15) is 0 Å². The van der Waals surface area contributed by atoms with Gasteiger partial charge in [-0.15, -0.1) is 11.3 Å². The van der Waals surface area contributed by atoms with E-state index in [4.69, 9.17) is 0 Å². The van der Waals surface area contributed by atoms with Gasteiger partial charge in [-0.3, -0.25) is 0 Å². The number of aryl methyl sites for hydroxylation is 2. The van der Waals surface area contributed by atoms with Gasteiger partial charge in [-0.05, 0) is 38.8 Å². The molecule has 1 saturated heterocycles. The lowest BCUT2D eigenvalue weighted by Crippen LogP contribution is -2.29. The van der Waals surface area contributed by atoms with Crippen molar-refractivity contribution in [2.24, 2.45) is 0 Å². The predicted molar refractivity (Wildman–Crippen MR) is 76.4 cm³/mol. The SMILES string of the molecule is Cc1sc2ncnc(NCC3CCCN3)c2c1C. The molecular formula is C13H18N4S. The van der Waals surface area contributed by atoms with Crippen molar-refractivity contribution >= 4 is 27.4 Å². The molecule has 1 fully saturated rings. The minimum absolute atomic E-state index is 0.579. The zero-order valence-corrected chi connectivity index (χ0v) is 11.6. The van der Waals surface area contributed by atoms with Crippen LogP contribution in [0.5, 0.6) is 0 Å². The summed E-state index contributed by atoms with van der Waals surface area (Å²) in [5, 5.41) is 8.16. The molecule has 1 unspecified atom stereocenters. The molecule has 0 amide bonds. The summed E-state index contributed by atoms with van der Waals surface area (Å²) in [5.74, 6) is 0.982. The summed E-state index contributed by atoms with van der Waals surface area (Å²) < 4.78 is 0. The van der Waals surface area contributed by atoms with E-state index in [1.54, 1.807) is 17.7 Å². The van der Waals surface area contributed by atoms with Crippen molar-refractivity contribution in [3.8, 4) is 0 Å². The highest BCUT2D eigenvalue weighted by molar-refractivity contribution is 7.18. The first-order valence-corrected chi connectivity index (χ1v) is 7.25. The van der Waals surface area contributed by atoms with E-state index in [9.17, 15) is 0 Å². The van der Waals surface area contributed by atoms with Gasteiger partial charge in [-0.1, -0.05) is 0 Å². The van der Waals surface area contributed by atoms with Crippen LogP contribution in [0, 0.1) is 13.8 Å². The van der Waals surface area contributed by atoms with Gasteiger partial charge in [0.15, 0.2) is 0 Å². The van der Waals surface area contributed by atoms with Gasteiger partial charge in [0.1, 0.15) is 17.0 Å². The zero-order valence-electron chi connectivity index (χ0n) is 10.8. The predicted octanol–water partition coefficient (Wildman–Crippen LogP) is 2.47. The van der Waals surface area contributed by atoms with Crippen LogP contribution in [0.4, 0.5) is 5.82 Å². The fraction of sp³-hybridized carbons (Fsp3) is 0.538. The summed E-state index contributed by atoms with van der Waals surface area (Å²) in [5.41, 5.74) is 1.30. The zero-order chi connectivity index (χ0) is 12.5. The first-order valence-electron chi connectivity index (χ1n) is 6.43. The fourth-order valence-electron chi connectivity index (χ4n) is 2.47. The molecule has 3 rings (SSSR count). The van der Waals surface area contributed by atoms with E-state index in [1.807, 2.05) is 0 Å². The average molecular weight is 262 g/mol.